The van der Waals surface area contributed by atoms with Crippen molar-refractivity contribution in [3.8, 4) is 11.5 Å². The van der Waals surface area contributed by atoms with E-state index in [9.17, 15) is 0 Å². The smallest absolute Gasteiger partial charge is 0.126 e. The number of methoxy groups -OCH3 is 2. The van der Waals surface area contributed by atoms with Gasteiger partial charge in [-0.1, -0.05) is 15.9 Å². The van der Waals surface area contributed by atoms with Crippen molar-refractivity contribution in [2.75, 3.05) is 14.2 Å². The van der Waals surface area contributed by atoms with Crippen molar-refractivity contribution >= 4 is 15.9 Å². The van der Waals surface area contributed by atoms with E-state index in [0.717, 1.165) is 28.0 Å². The Kier molecular flexibility index (Phi) is 4.42. The quantitative estimate of drug-likeness (QED) is 0.916. The second-order valence-corrected chi connectivity index (χ2v) is 4.39. The fraction of sp³-hybridized carbons (Fsp3) is 0.455. The second-order valence-electron chi connectivity index (χ2n) is 3.47. The molecule has 0 fully saturated rings. The third-order valence-electron chi connectivity index (χ3n) is 2.10. The van der Waals surface area contributed by atoms with Crippen LogP contribution in [0.3, 0.4) is 0 Å². The topological polar surface area (TPSA) is 44.5 Å². The van der Waals surface area contributed by atoms with Crippen LogP contribution < -0.4 is 15.2 Å². The molecule has 0 saturated carbocycles. The number of halogens is 1. The van der Waals surface area contributed by atoms with Crippen LogP contribution >= 0.6 is 15.9 Å². The molecule has 4 heteroatoms. The Morgan fingerprint density at radius 3 is 2.07 bits per heavy atom. The van der Waals surface area contributed by atoms with Gasteiger partial charge in [-0.15, -0.1) is 0 Å². The summed E-state index contributed by atoms with van der Waals surface area (Å²) in [6.07, 6.45) is 0.736. The molecule has 84 valence electrons. The molecule has 2 N–H and O–H groups in total. The van der Waals surface area contributed by atoms with E-state index >= 15 is 0 Å². The van der Waals surface area contributed by atoms with E-state index in [1.54, 1.807) is 14.2 Å². The van der Waals surface area contributed by atoms with Crippen molar-refractivity contribution in [1.29, 1.82) is 0 Å². The molecule has 0 spiro atoms. The van der Waals surface area contributed by atoms with Crippen LogP contribution in [0.25, 0.3) is 0 Å². The van der Waals surface area contributed by atoms with Crippen molar-refractivity contribution in [2.45, 2.75) is 19.4 Å². The summed E-state index contributed by atoms with van der Waals surface area (Å²) in [5, 5.41) is 0. The lowest BCUT2D eigenvalue weighted by atomic mass is 10.1. The van der Waals surface area contributed by atoms with Crippen LogP contribution in [-0.4, -0.2) is 20.3 Å². The predicted molar refractivity (Wildman–Crippen MR) is 64.6 cm³/mol. The number of benzene rings is 1. The zero-order chi connectivity index (χ0) is 11.4. The molecular formula is C11H16BrNO2. The molecule has 0 saturated heterocycles. The molecule has 1 aromatic rings. The first-order valence-corrected chi connectivity index (χ1v) is 5.53. The Balaban J connectivity index is 3.18. The molecule has 0 bridgehead atoms. The average Bonchev–Trinajstić information content (AvgIpc) is 2.19. The Labute approximate surface area is 98.7 Å². The summed E-state index contributed by atoms with van der Waals surface area (Å²) in [5.41, 5.74) is 6.80. The average molecular weight is 274 g/mol. The van der Waals surface area contributed by atoms with E-state index < -0.39 is 0 Å². The first kappa shape index (κ1) is 12.3. The summed E-state index contributed by atoms with van der Waals surface area (Å²) in [7, 11) is 3.29. The highest BCUT2D eigenvalue weighted by Crippen LogP contribution is 2.33. The van der Waals surface area contributed by atoms with Crippen LogP contribution in [0.1, 0.15) is 12.5 Å². The normalized spacial score (nSPS) is 12.3. The van der Waals surface area contributed by atoms with Crippen LogP contribution in [0.5, 0.6) is 11.5 Å². The summed E-state index contributed by atoms with van der Waals surface area (Å²) in [6.45, 7) is 1.96. The lowest BCUT2D eigenvalue weighted by molar-refractivity contribution is 0.383. The molecular weight excluding hydrogens is 258 g/mol. The van der Waals surface area contributed by atoms with Gasteiger partial charge in [0.15, 0.2) is 0 Å². The third kappa shape index (κ3) is 3.11. The molecule has 1 rings (SSSR count). The Morgan fingerprint density at radius 2 is 1.73 bits per heavy atom. The van der Waals surface area contributed by atoms with Crippen molar-refractivity contribution in [1.82, 2.24) is 0 Å². The lowest BCUT2D eigenvalue weighted by Crippen LogP contribution is -2.18. The number of hydrogen-bond acceptors (Lipinski definition) is 3. The molecule has 1 atom stereocenters. The summed E-state index contributed by atoms with van der Waals surface area (Å²) in [6, 6.07) is 3.91. The van der Waals surface area contributed by atoms with E-state index in [2.05, 4.69) is 15.9 Å². The summed E-state index contributed by atoms with van der Waals surface area (Å²) < 4.78 is 11.5. The summed E-state index contributed by atoms with van der Waals surface area (Å²) in [5.74, 6) is 1.61. The predicted octanol–water partition coefficient (Wildman–Crippen LogP) is 2.36. The summed E-state index contributed by atoms with van der Waals surface area (Å²) in [4.78, 5) is 0. The Hall–Kier alpha value is -0.740. The van der Waals surface area contributed by atoms with Gasteiger partial charge in [-0.3, -0.25) is 0 Å². The molecule has 0 heterocycles. The van der Waals surface area contributed by atoms with Gasteiger partial charge in [-0.05, 0) is 25.5 Å². The van der Waals surface area contributed by atoms with Crippen molar-refractivity contribution in [2.24, 2.45) is 5.73 Å². The minimum atomic E-state index is 0.0778. The van der Waals surface area contributed by atoms with Crippen molar-refractivity contribution < 1.29 is 9.47 Å². The highest BCUT2D eigenvalue weighted by molar-refractivity contribution is 9.10. The molecule has 0 aromatic heterocycles. The monoisotopic (exact) mass is 273 g/mol. The van der Waals surface area contributed by atoms with Crippen LogP contribution in [0, 0.1) is 0 Å². The maximum absolute atomic E-state index is 5.79. The van der Waals surface area contributed by atoms with Crippen LogP contribution in [0.15, 0.2) is 16.6 Å². The van der Waals surface area contributed by atoms with Gasteiger partial charge >= 0.3 is 0 Å². The fourth-order valence-electron chi connectivity index (χ4n) is 1.48. The van der Waals surface area contributed by atoms with Gasteiger partial charge in [0.2, 0.25) is 0 Å². The molecule has 1 aromatic carbocycles. The molecule has 0 unspecified atom stereocenters. The number of rotatable bonds is 4. The molecule has 0 amide bonds. The molecule has 0 radical (unpaired) electrons. The highest BCUT2D eigenvalue weighted by Gasteiger charge is 2.13. The molecule has 0 aliphatic rings. The maximum atomic E-state index is 5.79. The first-order valence-electron chi connectivity index (χ1n) is 4.74. The van der Waals surface area contributed by atoms with Crippen LogP contribution in [0.2, 0.25) is 0 Å². The Bertz CT molecular complexity index is 314. The van der Waals surface area contributed by atoms with E-state index in [-0.39, 0.29) is 6.04 Å². The third-order valence-corrected chi connectivity index (χ3v) is 2.56. The zero-order valence-electron chi connectivity index (χ0n) is 9.21. The van der Waals surface area contributed by atoms with E-state index in [4.69, 9.17) is 15.2 Å². The first-order chi connectivity index (χ1) is 7.08. The highest BCUT2D eigenvalue weighted by atomic mass is 79.9. The van der Waals surface area contributed by atoms with E-state index in [1.165, 1.54) is 0 Å². The lowest BCUT2D eigenvalue weighted by Gasteiger charge is -2.15. The van der Waals surface area contributed by atoms with Gasteiger partial charge in [-0.25, -0.2) is 0 Å². The van der Waals surface area contributed by atoms with Gasteiger partial charge in [0, 0.05) is 16.1 Å². The van der Waals surface area contributed by atoms with E-state index in [1.807, 2.05) is 19.1 Å². The maximum Gasteiger partial charge on any atom is 0.126 e. The number of ether oxygens (including phenoxy) is 2. The zero-order valence-corrected chi connectivity index (χ0v) is 10.8. The summed E-state index contributed by atoms with van der Waals surface area (Å²) >= 11 is 3.40. The molecule has 15 heavy (non-hydrogen) atoms. The van der Waals surface area contributed by atoms with Gasteiger partial charge < -0.3 is 15.2 Å². The molecule has 0 aliphatic carbocycles. The van der Waals surface area contributed by atoms with Gasteiger partial charge in [0.1, 0.15) is 11.5 Å². The minimum absolute atomic E-state index is 0.0778. The van der Waals surface area contributed by atoms with Gasteiger partial charge in [0.25, 0.3) is 0 Å². The minimum Gasteiger partial charge on any atom is -0.496 e. The second kappa shape index (κ2) is 5.37. The molecule has 0 aliphatic heterocycles. The van der Waals surface area contributed by atoms with Gasteiger partial charge in [-0.2, -0.15) is 0 Å². The van der Waals surface area contributed by atoms with Crippen LogP contribution in [-0.2, 0) is 6.42 Å². The standard InChI is InChI=1S/C11H16BrNO2/c1-7(13)4-9-10(14-2)5-8(12)6-11(9)15-3/h5-7H,4,13H2,1-3H3/t7-/m0/s1. The van der Waals surface area contributed by atoms with Crippen molar-refractivity contribution in [3.05, 3.63) is 22.2 Å². The SMILES string of the molecule is COc1cc(Br)cc(OC)c1C[C@H](C)N. The fourth-order valence-corrected chi connectivity index (χ4v) is 1.89. The van der Waals surface area contributed by atoms with E-state index in [0.29, 0.717) is 0 Å². The Morgan fingerprint density at radius 1 is 1.27 bits per heavy atom. The molecule has 3 nitrogen and oxygen atoms in total. The largest absolute Gasteiger partial charge is 0.496 e. The van der Waals surface area contributed by atoms with Crippen LogP contribution in [0.4, 0.5) is 0 Å². The van der Waals surface area contributed by atoms with Crippen molar-refractivity contribution in [3.63, 3.8) is 0 Å². The number of nitrogens with two attached hydrogens (primary N) is 1. The van der Waals surface area contributed by atoms with Gasteiger partial charge in [0.05, 0.1) is 14.2 Å². The number of hydrogen-bond donors (Lipinski definition) is 1.